The molecular formula is C13H15NO. The molecule has 0 bridgehead atoms. The van der Waals surface area contributed by atoms with Crippen molar-refractivity contribution < 1.29 is 4.74 Å². The Morgan fingerprint density at radius 2 is 2.47 bits per heavy atom. The average Bonchev–Trinajstić information content (AvgIpc) is 2.79. The van der Waals surface area contributed by atoms with Gasteiger partial charge in [0, 0.05) is 30.3 Å². The highest BCUT2D eigenvalue weighted by Crippen LogP contribution is 2.15. The quantitative estimate of drug-likeness (QED) is 0.756. The second kappa shape index (κ2) is 4.86. The second-order valence-corrected chi connectivity index (χ2v) is 3.84. The van der Waals surface area contributed by atoms with Gasteiger partial charge < -0.3 is 10.1 Å². The SMILES string of the molecule is C#Cc1cccc(NCC2CCOC2)c1. The van der Waals surface area contributed by atoms with E-state index in [1.165, 1.54) is 0 Å². The standard InChI is InChI=1S/C13H15NO/c1-2-11-4-3-5-13(8-11)14-9-12-6-7-15-10-12/h1,3-5,8,12,14H,6-7,9-10H2. The summed E-state index contributed by atoms with van der Waals surface area (Å²) < 4.78 is 5.32. The van der Waals surface area contributed by atoms with E-state index in [0.717, 1.165) is 37.4 Å². The number of rotatable bonds is 3. The van der Waals surface area contributed by atoms with Crippen LogP contribution in [0.3, 0.4) is 0 Å². The zero-order valence-electron chi connectivity index (χ0n) is 8.70. The Hall–Kier alpha value is -1.46. The second-order valence-electron chi connectivity index (χ2n) is 3.84. The molecule has 2 rings (SSSR count). The number of ether oxygens (including phenoxy) is 1. The maximum Gasteiger partial charge on any atom is 0.0511 e. The first-order valence-electron chi connectivity index (χ1n) is 5.27. The normalized spacial score (nSPS) is 19.8. The molecule has 0 amide bonds. The van der Waals surface area contributed by atoms with Crippen LogP contribution >= 0.6 is 0 Å². The van der Waals surface area contributed by atoms with Crippen LogP contribution in [0.4, 0.5) is 5.69 Å². The van der Waals surface area contributed by atoms with E-state index in [0.29, 0.717) is 5.92 Å². The van der Waals surface area contributed by atoms with Gasteiger partial charge >= 0.3 is 0 Å². The molecule has 0 aliphatic carbocycles. The van der Waals surface area contributed by atoms with E-state index in [1.807, 2.05) is 24.3 Å². The number of benzene rings is 1. The molecule has 0 aromatic heterocycles. The van der Waals surface area contributed by atoms with Gasteiger partial charge in [-0.2, -0.15) is 0 Å². The van der Waals surface area contributed by atoms with Crippen molar-refractivity contribution in [1.82, 2.24) is 0 Å². The lowest BCUT2D eigenvalue weighted by atomic mass is 10.1. The third-order valence-corrected chi connectivity index (χ3v) is 2.65. The highest BCUT2D eigenvalue weighted by Gasteiger charge is 2.14. The molecule has 1 atom stereocenters. The van der Waals surface area contributed by atoms with Crippen LogP contribution in [0.1, 0.15) is 12.0 Å². The van der Waals surface area contributed by atoms with Crippen molar-refractivity contribution in [2.75, 3.05) is 25.1 Å². The highest BCUT2D eigenvalue weighted by molar-refractivity contribution is 5.49. The molecule has 1 aliphatic heterocycles. The maximum atomic E-state index is 5.34. The Morgan fingerprint density at radius 1 is 1.53 bits per heavy atom. The Bertz CT molecular complexity index is 361. The first kappa shape index (κ1) is 10.1. The van der Waals surface area contributed by atoms with Gasteiger partial charge in [0.2, 0.25) is 0 Å². The van der Waals surface area contributed by atoms with Crippen molar-refractivity contribution in [2.24, 2.45) is 5.92 Å². The van der Waals surface area contributed by atoms with Crippen molar-refractivity contribution in [3.05, 3.63) is 29.8 Å². The molecule has 1 fully saturated rings. The van der Waals surface area contributed by atoms with Gasteiger partial charge in [-0.3, -0.25) is 0 Å². The van der Waals surface area contributed by atoms with Gasteiger partial charge in [-0.05, 0) is 24.6 Å². The lowest BCUT2D eigenvalue weighted by Crippen LogP contribution is -2.13. The van der Waals surface area contributed by atoms with Gasteiger partial charge in [0.05, 0.1) is 6.61 Å². The monoisotopic (exact) mass is 201 g/mol. The molecule has 1 N–H and O–H groups in total. The molecular weight excluding hydrogens is 186 g/mol. The maximum absolute atomic E-state index is 5.34. The van der Waals surface area contributed by atoms with E-state index in [4.69, 9.17) is 11.2 Å². The molecule has 15 heavy (non-hydrogen) atoms. The van der Waals surface area contributed by atoms with E-state index in [9.17, 15) is 0 Å². The Labute approximate surface area is 90.6 Å². The summed E-state index contributed by atoms with van der Waals surface area (Å²) in [7, 11) is 0. The van der Waals surface area contributed by atoms with Gasteiger partial charge in [0.15, 0.2) is 0 Å². The smallest absolute Gasteiger partial charge is 0.0511 e. The van der Waals surface area contributed by atoms with Crippen molar-refractivity contribution in [1.29, 1.82) is 0 Å². The summed E-state index contributed by atoms with van der Waals surface area (Å²) in [5.41, 5.74) is 2.01. The van der Waals surface area contributed by atoms with Crippen molar-refractivity contribution in [2.45, 2.75) is 6.42 Å². The lowest BCUT2D eigenvalue weighted by molar-refractivity contribution is 0.187. The van der Waals surface area contributed by atoms with Gasteiger partial charge in [0.1, 0.15) is 0 Å². The minimum Gasteiger partial charge on any atom is -0.385 e. The molecule has 2 heteroatoms. The van der Waals surface area contributed by atoms with Crippen LogP contribution in [-0.2, 0) is 4.74 Å². The van der Waals surface area contributed by atoms with Crippen LogP contribution < -0.4 is 5.32 Å². The zero-order chi connectivity index (χ0) is 10.5. The molecule has 1 heterocycles. The van der Waals surface area contributed by atoms with E-state index < -0.39 is 0 Å². The fraction of sp³-hybridized carbons (Fsp3) is 0.385. The predicted molar refractivity (Wildman–Crippen MR) is 61.8 cm³/mol. The van der Waals surface area contributed by atoms with Crippen LogP contribution in [0.15, 0.2) is 24.3 Å². The topological polar surface area (TPSA) is 21.3 Å². The molecule has 78 valence electrons. The molecule has 0 radical (unpaired) electrons. The summed E-state index contributed by atoms with van der Waals surface area (Å²) in [6.45, 7) is 2.74. The fourth-order valence-corrected chi connectivity index (χ4v) is 1.73. The van der Waals surface area contributed by atoms with E-state index in [2.05, 4.69) is 11.2 Å². The van der Waals surface area contributed by atoms with Gasteiger partial charge in [-0.15, -0.1) is 6.42 Å². The summed E-state index contributed by atoms with van der Waals surface area (Å²) in [5.74, 6) is 3.27. The first-order chi connectivity index (χ1) is 7.38. The number of anilines is 1. The van der Waals surface area contributed by atoms with Gasteiger partial charge in [0.25, 0.3) is 0 Å². The fourth-order valence-electron chi connectivity index (χ4n) is 1.73. The van der Waals surface area contributed by atoms with Crippen LogP contribution in [0.25, 0.3) is 0 Å². The molecule has 0 saturated carbocycles. The molecule has 1 unspecified atom stereocenters. The third kappa shape index (κ3) is 2.74. The number of hydrogen-bond donors (Lipinski definition) is 1. The molecule has 1 saturated heterocycles. The molecule has 1 aliphatic rings. The van der Waals surface area contributed by atoms with Crippen molar-refractivity contribution >= 4 is 5.69 Å². The summed E-state index contributed by atoms with van der Waals surface area (Å²) in [6.07, 6.45) is 6.49. The number of nitrogens with one attached hydrogen (secondary N) is 1. The minimum absolute atomic E-state index is 0.638. The molecule has 0 spiro atoms. The third-order valence-electron chi connectivity index (χ3n) is 2.65. The molecule has 1 aromatic rings. The highest BCUT2D eigenvalue weighted by atomic mass is 16.5. The number of hydrogen-bond acceptors (Lipinski definition) is 2. The van der Waals surface area contributed by atoms with Gasteiger partial charge in [-0.1, -0.05) is 12.0 Å². The van der Waals surface area contributed by atoms with Crippen LogP contribution in [-0.4, -0.2) is 19.8 Å². The first-order valence-corrected chi connectivity index (χ1v) is 5.27. The van der Waals surface area contributed by atoms with E-state index in [1.54, 1.807) is 0 Å². The summed E-state index contributed by atoms with van der Waals surface area (Å²) in [4.78, 5) is 0. The summed E-state index contributed by atoms with van der Waals surface area (Å²) in [6, 6.07) is 7.94. The summed E-state index contributed by atoms with van der Waals surface area (Å²) in [5, 5.41) is 3.39. The van der Waals surface area contributed by atoms with Crippen molar-refractivity contribution in [3.63, 3.8) is 0 Å². The van der Waals surface area contributed by atoms with E-state index >= 15 is 0 Å². The lowest BCUT2D eigenvalue weighted by Gasteiger charge is -2.10. The van der Waals surface area contributed by atoms with E-state index in [-0.39, 0.29) is 0 Å². The number of terminal acetylenes is 1. The largest absolute Gasteiger partial charge is 0.385 e. The van der Waals surface area contributed by atoms with Crippen LogP contribution in [0.2, 0.25) is 0 Å². The molecule has 2 nitrogen and oxygen atoms in total. The minimum atomic E-state index is 0.638. The zero-order valence-corrected chi connectivity index (χ0v) is 8.70. The van der Waals surface area contributed by atoms with Gasteiger partial charge in [-0.25, -0.2) is 0 Å². The van der Waals surface area contributed by atoms with Crippen LogP contribution in [0, 0.1) is 18.3 Å². The van der Waals surface area contributed by atoms with Crippen LogP contribution in [0.5, 0.6) is 0 Å². The average molecular weight is 201 g/mol. The Kier molecular flexibility index (Phi) is 3.26. The predicted octanol–water partition coefficient (Wildman–Crippen LogP) is 2.12. The Morgan fingerprint density at radius 3 is 3.20 bits per heavy atom. The summed E-state index contributed by atoms with van der Waals surface area (Å²) >= 11 is 0. The Balaban J connectivity index is 1.90. The molecule has 1 aromatic carbocycles. The van der Waals surface area contributed by atoms with Crippen molar-refractivity contribution in [3.8, 4) is 12.3 Å².